The van der Waals surface area contributed by atoms with Gasteiger partial charge in [-0.3, -0.25) is 9.69 Å². The van der Waals surface area contributed by atoms with Crippen molar-refractivity contribution in [1.29, 1.82) is 0 Å². The Hall–Kier alpha value is -1.39. The van der Waals surface area contributed by atoms with Crippen LogP contribution in [-0.2, 0) is 0 Å². The number of rotatable bonds is 3. The molecule has 2 fully saturated rings. The number of hydrogen-bond acceptors (Lipinski definition) is 3. The predicted molar refractivity (Wildman–Crippen MR) is 91.4 cm³/mol. The third-order valence-corrected chi connectivity index (χ3v) is 5.31. The second-order valence-corrected chi connectivity index (χ2v) is 6.94. The maximum atomic E-state index is 12.3. The molecule has 0 bridgehead atoms. The van der Waals surface area contributed by atoms with Gasteiger partial charge in [0.1, 0.15) is 0 Å². The van der Waals surface area contributed by atoms with Crippen molar-refractivity contribution in [1.82, 2.24) is 10.2 Å². The summed E-state index contributed by atoms with van der Waals surface area (Å²) in [6.45, 7) is 1.66. The Kier molecular flexibility index (Phi) is 5.68. The lowest BCUT2D eigenvalue weighted by atomic mass is 9.97. The molecule has 1 heterocycles. The Morgan fingerprint density at radius 3 is 2.39 bits per heavy atom. The van der Waals surface area contributed by atoms with Crippen molar-refractivity contribution < 1.29 is 9.90 Å². The molecule has 1 saturated heterocycles. The number of nitrogens with zero attached hydrogens (tertiary/aromatic N) is 1. The minimum absolute atomic E-state index is 0.0856. The zero-order valence-electron chi connectivity index (χ0n) is 13.8. The van der Waals surface area contributed by atoms with Gasteiger partial charge in [-0.25, -0.2) is 0 Å². The molecule has 2 N–H and O–H groups in total. The second-order valence-electron chi connectivity index (χ2n) is 6.94. The molecule has 23 heavy (non-hydrogen) atoms. The minimum atomic E-state index is -0.473. The lowest BCUT2D eigenvalue weighted by Gasteiger charge is -2.40. The Morgan fingerprint density at radius 1 is 1.04 bits per heavy atom. The average molecular weight is 316 g/mol. The van der Waals surface area contributed by atoms with Crippen molar-refractivity contribution in [3.8, 4) is 0 Å². The van der Waals surface area contributed by atoms with Gasteiger partial charge in [0.2, 0.25) is 0 Å². The summed E-state index contributed by atoms with van der Waals surface area (Å²) in [5, 5.41) is 13.5. The highest BCUT2D eigenvalue weighted by molar-refractivity contribution is 5.94. The monoisotopic (exact) mass is 316 g/mol. The molecule has 4 nitrogen and oxygen atoms in total. The van der Waals surface area contributed by atoms with Crippen molar-refractivity contribution in [2.24, 2.45) is 0 Å². The molecular formula is C19H28N2O2. The number of benzene rings is 1. The predicted octanol–water partition coefficient (Wildman–Crippen LogP) is 2.57. The first-order chi connectivity index (χ1) is 11.2. The van der Waals surface area contributed by atoms with Gasteiger partial charge in [-0.05, 0) is 31.4 Å². The normalized spacial score (nSPS) is 27.3. The first-order valence-electron chi connectivity index (χ1n) is 9.02. The van der Waals surface area contributed by atoms with Crippen LogP contribution in [0, 0.1) is 0 Å². The summed E-state index contributed by atoms with van der Waals surface area (Å²) < 4.78 is 0. The Morgan fingerprint density at radius 2 is 1.74 bits per heavy atom. The quantitative estimate of drug-likeness (QED) is 0.843. The summed E-state index contributed by atoms with van der Waals surface area (Å²) >= 11 is 0. The topological polar surface area (TPSA) is 52.6 Å². The van der Waals surface area contributed by atoms with E-state index in [1.165, 1.54) is 38.5 Å². The Balaban J connectivity index is 1.53. The van der Waals surface area contributed by atoms with E-state index in [1.54, 1.807) is 0 Å². The van der Waals surface area contributed by atoms with Crippen LogP contribution in [0.15, 0.2) is 30.3 Å². The second kappa shape index (κ2) is 7.93. The number of carbonyl (C=O) groups is 1. The van der Waals surface area contributed by atoms with Gasteiger partial charge in [0, 0.05) is 24.7 Å². The van der Waals surface area contributed by atoms with Crippen LogP contribution in [0.25, 0.3) is 0 Å². The Bertz CT molecular complexity index is 497. The van der Waals surface area contributed by atoms with Gasteiger partial charge >= 0.3 is 0 Å². The fourth-order valence-electron chi connectivity index (χ4n) is 3.92. The highest BCUT2D eigenvalue weighted by Crippen LogP contribution is 2.25. The smallest absolute Gasteiger partial charge is 0.251 e. The SMILES string of the molecule is O=C(N[C@@H]1CCN(C2CCCCCC2)C[C@H]1O)c1ccccc1. The fraction of sp³-hybridized carbons (Fsp3) is 0.632. The number of β-amino-alcohol motifs (C(OH)–C–C–N with tert-alkyl or cyclic N) is 1. The lowest BCUT2D eigenvalue weighted by Crippen LogP contribution is -2.56. The van der Waals surface area contributed by atoms with Gasteiger partial charge in [-0.2, -0.15) is 0 Å². The average Bonchev–Trinajstić information content (AvgIpc) is 2.87. The van der Waals surface area contributed by atoms with Gasteiger partial charge in [0.15, 0.2) is 0 Å². The van der Waals surface area contributed by atoms with E-state index >= 15 is 0 Å². The van der Waals surface area contributed by atoms with E-state index in [1.807, 2.05) is 30.3 Å². The van der Waals surface area contributed by atoms with Crippen molar-refractivity contribution in [3.63, 3.8) is 0 Å². The molecule has 0 unspecified atom stereocenters. The molecule has 3 rings (SSSR count). The van der Waals surface area contributed by atoms with E-state index in [9.17, 15) is 9.90 Å². The number of aliphatic hydroxyl groups excluding tert-OH is 1. The molecule has 0 radical (unpaired) electrons. The lowest BCUT2D eigenvalue weighted by molar-refractivity contribution is 0.0171. The zero-order valence-corrected chi connectivity index (χ0v) is 13.8. The largest absolute Gasteiger partial charge is 0.390 e. The van der Waals surface area contributed by atoms with Crippen LogP contribution < -0.4 is 5.32 Å². The minimum Gasteiger partial charge on any atom is -0.390 e. The molecule has 1 aliphatic carbocycles. The van der Waals surface area contributed by atoms with Crippen LogP contribution in [0.1, 0.15) is 55.3 Å². The summed E-state index contributed by atoms with van der Waals surface area (Å²) in [4.78, 5) is 14.7. The summed E-state index contributed by atoms with van der Waals surface area (Å²) in [7, 11) is 0. The molecule has 1 aromatic rings. The van der Waals surface area contributed by atoms with E-state index in [0.717, 1.165) is 13.0 Å². The molecular weight excluding hydrogens is 288 g/mol. The highest BCUT2D eigenvalue weighted by atomic mass is 16.3. The third kappa shape index (κ3) is 4.33. The molecule has 1 saturated carbocycles. The van der Waals surface area contributed by atoms with Crippen molar-refractivity contribution in [2.75, 3.05) is 13.1 Å². The van der Waals surface area contributed by atoms with Crippen molar-refractivity contribution in [3.05, 3.63) is 35.9 Å². The van der Waals surface area contributed by atoms with E-state index < -0.39 is 6.10 Å². The number of aliphatic hydroxyl groups is 1. The van der Waals surface area contributed by atoms with Crippen molar-refractivity contribution in [2.45, 2.75) is 63.1 Å². The number of piperidine rings is 1. The summed E-state index contributed by atoms with van der Waals surface area (Å²) in [6.07, 6.45) is 8.19. The van der Waals surface area contributed by atoms with Crippen LogP contribution in [-0.4, -0.2) is 47.2 Å². The fourth-order valence-corrected chi connectivity index (χ4v) is 3.92. The van der Waals surface area contributed by atoms with Gasteiger partial charge in [-0.1, -0.05) is 43.9 Å². The van der Waals surface area contributed by atoms with E-state index in [-0.39, 0.29) is 11.9 Å². The number of hydrogen-bond donors (Lipinski definition) is 2. The first kappa shape index (κ1) is 16.5. The van der Waals surface area contributed by atoms with Gasteiger partial charge in [-0.15, -0.1) is 0 Å². The number of likely N-dealkylation sites (tertiary alicyclic amines) is 1. The molecule has 126 valence electrons. The van der Waals surface area contributed by atoms with Gasteiger partial charge < -0.3 is 10.4 Å². The number of amides is 1. The maximum absolute atomic E-state index is 12.3. The number of carbonyl (C=O) groups excluding carboxylic acids is 1. The Labute approximate surface area is 138 Å². The van der Waals surface area contributed by atoms with Gasteiger partial charge in [0.25, 0.3) is 5.91 Å². The van der Waals surface area contributed by atoms with Crippen LogP contribution >= 0.6 is 0 Å². The van der Waals surface area contributed by atoms with Crippen LogP contribution in [0.5, 0.6) is 0 Å². The highest BCUT2D eigenvalue weighted by Gasteiger charge is 2.32. The third-order valence-electron chi connectivity index (χ3n) is 5.31. The van der Waals surface area contributed by atoms with E-state index in [0.29, 0.717) is 18.2 Å². The van der Waals surface area contributed by atoms with Gasteiger partial charge in [0.05, 0.1) is 12.1 Å². The van der Waals surface area contributed by atoms with Crippen molar-refractivity contribution >= 4 is 5.91 Å². The van der Waals surface area contributed by atoms with Crippen LogP contribution in [0.4, 0.5) is 0 Å². The summed E-state index contributed by atoms with van der Waals surface area (Å²) in [5.41, 5.74) is 0.658. The van der Waals surface area contributed by atoms with Crippen LogP contribution in [0.3, 0.4) is 0 Å². The maximum Gasteiger partial charge on any atom is 0.251 e. The molecule has 1 amide bonds. The standard InChI is InChI=1S/C19H28N2O2/c22-18-14-21(16-10-6-1-2-7-11-16)13-12-17(18)20-19(23)15-8-4-3-5-9-15/h3-5,8-9,16-18,22H,1-2,6-7,10-14H2,(H,20,23)/t17-,18-/m1/s1. The molecule has 0 aromatic heterocycles. The molecule has 2 aliphatic rings. The van der Waals surface area contributed by atoms with Crippen LogP contribution in [0.2, 0.25) is 0 Å². The van der Waals surface area contributed by atoms with E-state index in [2.05, 4.69) is 10.2 Å². The summed E-state index contributed by atoms with van der Waals surface area (Å²) in [5.74, 6) is -0.0856. The molecule has 2 atom stereocenters. The summed E-state index contributed by atoms with van der Waals surface area (Å²) in [6, 6.07) is 9.73. The molecule has 0 spiro atoms. The first-order valence-corrected chi connectivity index (χ1v) is 9.02. The zero-order chi connectivity index (χ0) is 16.1. The molecule has 4 heteroatoms. The molecule has 1 aliphatic heterocycles. The molecule has 1 aromatic carbocycles. The van der Waals surface area contributed by atoms with E-state index in [4.69, 9.17) is 0 Å². The number of nitrogens with one attached hydrogen (secondary N) is 1.